The molecule has 1 heteroatoms. The molecule has 0 aliphatic heterocycles. The van der Waals surface area contributed by atoms with Gasteiger partial charge in [-0.3, -0.25) is 0 Å². The van der Waals surface area contributed by atoms with Crippen molar-refractivity contribution < 1.29 is 5.11 Å². The second kappa shape index (κ2) is 5.71. The molecule has 84 valence electrons. The number of aromatic hydroxyl groups is 1. The summed E-state index contributed by atoms with van der Waals surface area (Å²) in [5.74, 6) is 0.350. The van der Waals surface area contributed by atoms with Crippen LogP contribution in [0.1, 0.15) is 0 Å². The molecule has 0 heterocycles. The quantitative estimate of drug-likeness (QED) is 0.603. The number of hydrogen-bond acceptors (Lipinski definition) is 1. The smallest absolute Gasteiger partial charge is 0.123 e. The van der Waals surface area contributed by atoms with Gasteiger partial charge in [-0.2, -0.15) is 0 Å². The van der Waals surface area contributed by atoms with Crippen molar-refractivity contribution in [2.45, 2.75) is 0 Å². The first kappa shape index (κ1) is 11.2. The van der Waals surface area contributed by atoms with Crippen molar-refractivity contribution in [3.63, 3.8) is 0 Å². The minimum Gasteiger partial charge on any atom is -0.507 e. The first-order valence-corrected chi connectivity index (χ1v) is 5.54. The molecule has 0 unspecified atom stereocenters. The Morgan fingerprint density at radius 1 is 0.529 bits per heavy atom. The Hall–Kier alpha value is -2.28. The molecule has 1 nitrogen and oxygen atoms in total. The Labute approximate surface area is 101 Å². The van der Waals surface area contributed by atoms with Crippen molar-refractivity contribution in [1.82, 2.24) is 0 Å². The fraction of sp³-hybridized carbons (Fsp3) is 0. The van der Waals surface area contributed by atoms with Crippen LogP contribution in [-0.4, -0.2) is 5.11 Å². The lowest BCUT2D eigenvalue weighted by atomic mass is 10.1. The first-order chi connectivity index (χ1) is 8.38. The van der Waals surface area contributed by atoms with Crippen LogP contribution in [0.3, 0.4) is 0 Å². The highest BCUT2D eigenvalue weighted by Gasteiger charge is 1.94. The predicted octanol–water partition coefficient (Wildman–Crippen LogP) is 4.23. The van der Waals surface area contributed by atoms with Crippen LogP contribution in [0.5, 0.6) is 5.75 Å². The van der Waals surface area contributed by atoms with Gasteiger partial charge >= 0.3 is 0 Å². The number of hydrogen-bond donors (Lipinski definition) is 1. The zero-order valence-electron chi connectivity index (χ0n) is 9.45. The Morgan fingerprint density at radius 2 is 1.06 bits per heavy atom. The Bertz CT molecular complexity index is 541. The summed E-state index contributed by atoms with van der Waals surface area (Å²) >= 11 is 0. The molecule has 0 aliphatic rings. The number of fused-ring (bicyclic) bond motifs is 1. The molecule has 0 amide bonds. The molecule has 1 N–H and O–H groups in total. The normalized spacial score (nSPS) is 9.41. The highest BCUT2D eigenvalue weighted by molar-refractivity contribution is 5.87. The zero-order chi connectivity index (χ0) is 11.9. The molecule has 17 heavy (non-hydrogen) atoms. The lowest BCUT2D eigenvalue weighted by Crippen LogP contribution is -1.70. The molecule has 0 aromatic heterocycles. The van der Waals surface area contributed by atoms with E-state index in [1.807, 2.05) is 72.8 Å². The third-order valence-electron chi connectivity index (χ3n) is 2.43. The highest BCUT2D eigenvalue weighted by Crippen LogP contribution is 2.22. The van der Waals surface area contributed by atoms with E-state index in [1.165, 1.54) is 0 Å². The van der Waals surface area contributed by atoms with Gasteiger partial charge in [-0.05, 0) is 11.5 Å². The minimum atomic E-state index is 0.350. The first-order valence-electron chi connectivity index (χ1n) is 5.54. The van der Waals surface area contributed by atoms with E-state index in [0.717, 1.165) is 10.8 Å². The fourth-order valence-corrected chi connectivity index (χ4v) is 1.59. The average Bonchev–Trinajstić information content (AvgIpc) is 2.42. The van der Waals surface area contributed by atoms with Gasteiger partial charge in [0, 0.05) is 5.39 Å². The fourth-order valence-electron chi connectivity index (χ4n) is 1.59. The van der Waals surface area contributed by atoms with Crippen molar-refractivity contribution in [2.24, 2.45) is 0 Å². The summed E-state index contributed by atoms with van der Waals surface area (Å²) in [6.45, 7) is 0. The second-order valence-electron chi connectivity index (χ2n) is 3.65. The summed E-state index contributed by atoms with van der Waals surface area (Å²) in [6.07, 6.45) is 0. The van der Waals surface area contributed by atoms with Gasteiger partial charge in [0.2, 0.25) is 0 Å². The van der Waals surface area contributed by atoms with Crippen LogP contribution in [0.4, 0.5) is 0 Å². The highest BCUT2D eigenvalue weighted by atomic mass is 16.3. The molecule has 0 bridgehead atoms. The van der Waals surface area contributed by atoms with Gasteiger partial charge < -0.3 is 5.11 Å². The summed E-state index contributed by atoms with van der Waals surface area (Å²) in [5.41, 5.74) is 0. The molecule has 0 saturated heterocycles. The lowest BCUT2D eigenvalue weighted by molar-refractivity contribution is 0.481. The van der Waals surface area contributed by atoms with Crippen LogP contribution in [0.2, 0.25) is 0 Å². The molecule has 0 spiro atoms. The summed E-state index contributed by atoms with van der Waals surface area (Å²) in [7, 11) is 0. The number of rotatable bonds is 0. The zero-order valence-corrected chi connectivity index (χ0v) is 9.45. The van der Waals surface area contributed by atoms with Crippen molar-refractivity contribution in [2.75, 3.05) is 0 Å². The van der Waals surface area contributed by atoms with Gasteiger partial charge in [-0.25, -0.2) is 0 Å². The van der Waals surface area contributed by atoms with E-state index in [2.05, 4.69) is 0 Å². The maximum Gasteiger partial charge on any atom is 0.123 e. The number of phenolic OH excluding ortho intramolecular Hbond substituents is 1. The van der Waals surface area contributed by atoms with E-state index in [4.69, 9.17) is 0 Å². The van der Waals surface area contributed by atoms with E-state index >= 15 is 0 Å². The molecule has 3 aromatic carbocycles. The molecule has 0 radical (unpaired) electrons. The topological polar surface area (TPSA) is 20.2 Å². The molecule has 3 rings (SSSR count). The summed E-state index contributed by atoms with van der Waals surface area (Å²) in [5, 5.41) is 11.4. The molecule has 3 aromatic rings. The van der Waals surface area contributed by atoms with Crippen molar-refractivity contribution >= 4 is 10.8 Å². The summed E-state index contributed by atoms with van der Waals surface area (Å²) < 4.78 is 0. The van der Waals surface area contributed by atoms with Crippen molar-refractivity contribution in [3.8, 4) is 5.75 Å². The van der Waals surface area contributed by atoms with Crippen LogP contribution in [0.25, 0.3) is 10.8 Å². The Morgan fingerprint density at radius 3 is 1.65 bits per heavy atom. The van der Waals surface area contributed by atoms with Gasteiger partial charge in [0.1, 0.15) is 5.75 Å². The van der Waals surface area contributed by atoms with Gasteiger partial charge in [0.05, 0.1) is 0 Å². The Kier molecular flexibility index (Phi) is 3.77. The average molecular weight is 222 g/mol. The third kappa shape index (κ3) is 3.08. The van der Waals surface area contributed by atoms with Crippen LogP contribution in [0, 0.1) is 0 Å². The van der Waals surface area contributed by atoms with E-state index in [-0.39, 0.29) is 0 Å². The van der Waals surface area contributed by atoms with Gasteiger partial charge in [0.15, 0.2) is 0 Å². The van der Waals surface area contributed by atoms with Crippen LogP contribution in [-0.2, 0) is 0 Å². The molecule has 0 saturated carbocycles. The van der Waals surface area contributed by atoms with Crippen molar-refractivity contribution in [1.29, 1.82) is 0 Å². The lowest BCUT2D eigenvalue weighted by Gasteiger charge is -1.97. The van der Waals surface area contributed by atoms with E-state index in [0.29, 0.717) is 5.75 Å². The number of phenols is 1. The summed E-state index contributed by atoms with van der Waals surface area (Å²) in [6, 6.07) is 25.3. The third-order valence-corrected chi connectivity index (χ3v) is 2.43. The van der Waals surface area contributed by atoms with E-state index < -0.39 is 0 Å². The SMILES string of the molecule is Oc1cccc2ccccc12.c1ccccc1. The van der Waals surface area contributed by atoms with Gasteiger partial charge in [-0.15, -0.1) is 0 Å². The van der Waals surface area contributed by atoms with Crippen LogP contribution < -0.4 is 0 Å². The largest absolute Gasteiger partial charge is 0.507 e. The summed E-state index contributed by atoms with van der Waals surface area (Å²) in [4.78, 5) is 0. The van der Waals surface area contributed by atoms with Crippen molar-refractivity contribution in [3.05, 3.63) is 78.9 Å². The van der Waals surface area contributed by atoms with E-state index in [9.17, 15) is 5.11 Å². The molecule has 0 aliphatic carbocycles. The maximum absolute atomic E-state index is 9.37. The standard InChI is InChI=1S/C10H8O.C6H6/c11-10-7-3-5-8-4-1-2-6-9(8)10;1-2-4-6-5-3-1/h1-7,11H;1-6H. The maximum atomic E-state index is 9.37. The van der Waals surface area contributed by atoms with Crippen LogP contribution in [0.15, 0.2) is 78.9 Å². The Balaban J connectivity index is 0.000000153. The molecule has 0 fully saturated rings. The van der Waals surface area contributed by atoms with Gasteiger partial charge in [0.25, 0.3) is 0 Å². The minimum absolute atomic E-state index is 0.350. The predicted molar refractivity (Wildman–Crippen MR) is 72.1 cm³/mol. The monoisotopic (exact) mass is 222 g/mol. The molecular formula is C16H14O. The molecular weight excluding hydrogens is 208 g/mol. The van der Waals surface area contributed by atoms with Crippen LogP contribution >= 0.6 is 0 Å². The van der Waals surface area contributed by atoms with Gasteiger partial charge in [-0.1, -0.05) is 72.8 Å². The molecule has 0 atom stereocenters. The second-order valence-corrected chi connectivity index (χ2v) is 3.65. The number of benzene rings is 3. The van der Waals surface area contributed by atoms with E-state index in [1.54, 1.807) is 6.07 Å².